The molecule has 2 N–H and O–H groups in total. The molecule has 2 aromatic rings. The number of carbonyl (C=O) groups is 1. The van der Waals surface area contributed by atoms with Gasteiger partial charge in [-0.15, -0.1) is 0 Å². The van der Waals surface area contributed by atoms with Crippen molar-refractivity contribution >= 4 is 23.0 Å². The molecule has 1 aliphatic rings. The second-order valence-corrected chi connectivity index (χ2v) is 6.16. The minimum atomic E-state index is 0.0155. The second kappa shape index (κ2) is 8.53. The van der Waals surface area contributed by atoms with Gasteiger partial charge in [0, 0.05) is 31.7 Å². The Labute approximate surface area is 149 Å². The molecule has 25 heavy (non-hydrogen) atoms. The van der Waals surface area contributed by atoms with E-state index in [1.165, 1.54) is 5.56 Å². The van der Waals surface area contributed by atoms with Gasteiger partial charge in [-0.05, 0) is 30.7 Å². The number of hydrogen-bond acceptors (Lipinski definition) is 4. The van der Waals surface area contributed by atoms with Crippen LogP contribution in [0.15, 0.2) is 48.5 Å². The van der Waals surface area contributed by atoms with Gasteiger partial charge in [-0.25, -0.2) is 0 Å². The highest BCUT2D eigenvalue weighted by molar-refractivity contribution is 5.94. The molecule has 0 unspecified atom stereocenters. The number of amides is 1. The Morgan fingerprint density at radius 1 is 1.04 bits per heavy atom. The minimum absolute atomic E-state index is 0.0155. The first-order chi connectivity index (χ1) is 12.2. The molecular weight excluding hydrogens is 314 g/mol. The van der Waals surface area contributed by atoms with Crippen LogP contribution < -0.4 is 15.5 Å². The largest absolute Gasteiger partial charge is 0.384 e. The number of nitrogens with one attached hydrogen (secondary N) is 2. The third kappa shape index (κ3) is 4.73. The van der Waals surface area contributed by atoms with Crippen LogP contribution in [0, 0.1) is 6.92 Å². The molecule has 0 atom stereocenters. The normalized spacial score (nSPS) is 14.2. The summed E-state index contributed by atoms with van der Waals surface area (Å²) >= 11 is 0. The monoisotopic (exact) mass is 339 g/mol. The summed E-state index contributed by atoms with van der Waals surface area (Å²) in [6.45, 7) is 5.81. The molecule has 0 aromatic heterocycles. The van der Waals surface area contributed by atoms with Crippen molar-refractivity contribution in [1.82, 2.24) is 0 Å². The number of para-hydroxylation sites is 3. The van der Waals surface area contributed by atoms with Gasteiger partial charge in [-0.2, -0.15) is 0 Å². The zero-order valence-electron chi connectivity index (χ0n) is 14.6. The van der Waals surface area contributed by atoms with Gasteiger partial charge in [0.2, 0.25) is 5.91 Å². The van der Waals surface area contributed by atoms with E-state index in [0.29, 0.717) is 13.0 Å². The fourth-order valence-electron chi connectivity index (χ4n) is 2.95. The first kappa shape index (κ1) is 17.3. The summed E-state index contributed by atoms with van der Waals surface area (Å²) in [6, 6.07) is 16.0. The Bertz CT molecular complexity index is 712. The van der Waals surface area contributed by atoms with Crippen LogP contribution in [0.3, 0.4) is 0 Å². The average molecular weight is 339 g/mol. The molecule has 3 rings (SSSR count). The Morgan fingerprint density at radius 3 is 2.48 bits per heavy atom. The van der Waals surface area contributed by atoms with E-state index < -0.39 is 0 Å². The lowest BCUT2D eigenvalue weighted by atomic mass is 10.2. The molecular formula is C20H25N3O2. The van der Waals surface area contributed by atoms with Crippen LogP contribution in [0.4, 0.5) is 17.1 Å². The fourth-order valence-corrected chi connectivity index (χ4v) is 2.95. The summed E-state index contributed by atoms with van der Waals surface area (Å²) in [5.41, 5.74) is 4.18. The third-order valence-corrected chi connectivity index (χ3v) is 4.34. The van der Waals surface area contributed by atoms with Crippen LogP contribution in [-0.2, 0) is 9.53 Å². The van der Waals surface area contributed by atoms with Crippen LogP contribution in [0.1, 0.15) is 12.0 Å². The molecule has 132 valence electrons. The molecule has 0 radical (unpaired) electrons. The van der Waals surface area contributed by atoms with Crippen LogP contribution in [0.2, 0.25) is 0 Å². The number of benzene rings is 2. The van der Waals surface area contributed by atoms with E-state index >= 15 is 0 Å². The van der Waals surface area contributed by atoms with Gasteiger partial charge in [0.1, 0.15) is 0 Å². The number of anilines is 3. The van der Waals surface area contributed by atoms with Crippen molar-refractivity contribution in [3.8, 4) is 0 Å². The summed E-state index contributed by atoms with van der Waals surface area (Å²) in [5.74, 6) is 0.0155. The Morgan fingerprint density at radius 2 is 1.72 bits per heavy atom. The van der Waals surface area contributed by atoms with Gasteiger partial charge in [0.25, 0.3) is 0 Å². The van der Waals surface area contributed by atoms with Crippen molar-refractivity contribution in [2.45, 2.75) is 13.3 Å². The molecule has 5 nitrogen and oxygen atoms in total. The lowest BCUT2D eigenvalue weighted by molar-refractivity contribution is -0.115. The van der Waals surface area contributed by atoms with Crippen molar-refractivity contribution in [3.63, 3.8) is 0 Å². The Kier molecular flexibility index (Phi) is 5.90. The zero-order valence-corrected chi connectivity index (χ0v) is 14.6. The van der Waals surface area contributed by atoms with Crippen LogP contribution in [0.25, 0.3) is 0 Å². The summed E-state index contributed by atoms with van der Waals surface area (Å²) in [5, 5.41) is 6.37. The van der Waals surface area contributed by atoms with Crippen molar-refractivity contribution in [2.75, 3.05) is 48.4 Å². The molecule has 0 spiro atoms. The summed E-state index contributed by atoms with van der Waals surface area (Å²) in [6.07, 6.45) is 0.422. The molecule has 5 heteroatoms. The molecule has 0 aliphatic carbocycles. The lowest BCUT2D eigenvalue weighted by Crippen LogP contribution is -2.36. The maximum Gasteiger partial charge on any atom is 0.226 e. The zero-order chi connectivity index (χ0) is 17.5. The quantitative estimate of drug-likeness (QED) is 0.848. The molecule has 1 amide bonds. The lowest BCUT2D eigenvalue weighted by Gasteiger charge is -2.30. The summed E-state index contributed by atoms with van der Waals surface area (Å²) < 4.78 is 5.41. The Hall–Kier alpha value is -2.53. The number of rotatable bonds is 6. The van der Waals surface area contributed by atoms with E-state index in [1.54, 1.807) is 0 Å². The molecule has 2 aromatic carbocycles. The number of morpholine rings is 1. The van der Waals surface area contributed by atoms with E-state index in [1.807, 2.05) is 42.5 Å². The summed E-state index contributed by atoms with van der Waals surface area (Å²) in [4.78, 5) is 14.6. The van der Waals surface area contributed by atoms with Gasteiger partial charge < -0.3 is 20.3 Å². The van der Waals surface area contributed by atoms with Crippen molar-refractivity contribution in [2.24, 2.45) is 0 Å². The first-order valence-corrected chi connectivity index (χ1v) is 8.75. The van der Waals surface area contributed by atoms with Gasteiger partial charge in [0.05, 0.1) is 24.6 Å². The first-order valence-electron chi connectivity index (χ1n) is 8.75. The van der Waals surface area contributed by atoms with Crippen molar-refractivity contribution < 1.29 is 9.53 Å². The molecule has 1 aliphatic heterocycles. The topological polar surface area (TPSA) is 53.6 Å². The maximum absolute atomic E-state index is 12.3. The second-order valence-electron chi connectivity index (χ2n) is 6.16. The standard InChI is InChI=1S/C20H25N3O2/c1-16-6-2-3-7-17(16)21-11-10-20(24)22-18-8-4-5-9-19(18)23-12-14-25-15-13-23/h2-9,21H,10-15H2,1H3,(H,22,24). The van der Waals surface area contributed by atoms with Crippen molar-refractivity contribution in [3.05, 3.63) is 54.1 Å². The van der Waals surface area contributed by atoms with E-state index in [9.17, 15) is 4.79 Å². The third-order valence-electron chi connectivity index (χ3n) is 4.34. The maximum atomic E-state index is 12.3. The molecule has 0 bridgehead atoms. The molecule has 1 fully saturated rings. The van der Waals surface area contributed by atoms with E-state index in [2.05, 4.69) is 28.5 Å². The van der Waals surface area contributed by atoms with Crippen LogP contribution >= 0.6 is 0 Å². The van der Waals surface area contributed by atoms with Crippen molar-refractivity contribution in [1.29, 1.82) is 0 Å². The van der Waals surface area contributed by atoms with Crippen LogP contribution in [0.5, 0.6) is 0 Å². The number of carbonyl (C=O) groups excluding carboxylic acids is 1. The summed E-state index contributed by atoms with van der Waals surface area (Å²) in [7, 11) is 0. The number of hydrogen-bond donors (Lipinski definition) is 2. The number of ether oxygens (including phenoxy) is 1. The predicted molar refractivity (Wildman–Crippen MR) is 102 cm³/mol. The Balaban J connectivity index is 1.55. The predicted octanol–water partition coefficient (Wildman–Crippen LogP) is 3.27. The molecule has 1 saturated heterocycles. The average Bonchev–Trinajstić information content (AvgIpc) is 2.64. The number of aryl methyl sites for hydroxylation is 1. The highest BCUT2D eigenvalue weighted by atomic mass is 16.5. The smallest absolute Gasteiger partial charge is 0.226 e. The molecule has 1 heterocycles. The van der Waals surface area contributed by atoms with Gasteiger partial charge in [-0.1, -0.05) is 30.3 Å². The van der Waals surface area contributed by atoms with E-state index in [4.69, 9.17) is 4.74 Å². The van der Waals surface area contributed by atoms with Gasteiger partial charge in [0.15, 0.2) is 0 Å². The van der Waals surface area contributed by atoms with Gasteiger partial charge >= 0.3 is 0 Å². The molecule has 0 saturated carbocycles. The van der Waals surface area contributed by atoms with Crippen LogP contribution in [-0.4, -0.2) is 38.8 Å². The fraction of sp³-hybridized carbons (Fsp3) is 0.350. The van der Waals surface area contributed by atoms with E-state index in [0.717, 1.165) is 43.4 Å². The van der Waals surface area contributed by atoms with E-state index in [-0.39, 0.29) is 5.91 Å². The van der Waals surface area contributed by atoms with Gasteiger partial charge in [-0.3, -0.25) is 4.79 Å². The highest BCUT2D eigenvalue weighted by Gasteiger charge is 2.15. The minimum Gasteiger partial charge on any atom is -0.384 e. The highest BCUT2D eigenvalue weighted by Crippen LogP contribution is 2.26. The number of nitrogens with zero attached hydrogens (tertiary/aromatic N) is 1. The SMILES string of the molecule is Cc1ccccc1NCCC(=O)Nc1ccccc1N1CCOCC1.